The fraction of sp³-hybridized carbons (Fsp3) is 0.278. The van der Waals surface area contributed by atoms with E-state index in [4.69, 9.17) is 4.74 Å². The topological polar surface area (TPSA) is 38.3 Å². The summed E-state index contributed by atoms with van der Waals surface area (Å²) in [5, 5.41) is 2.87. The van der Waals surface area contributed by atoms with Crippen molar-refractivity contribution in [3.63, 3.8) is 0 Å². The maximum Gasteiger partial charge on any atom is 0.233 e. The van der Waals surface area contributed by atoms with Crippen LogP contribution in [-0.2, 0) is 11.2 Å². The van der Waals surface area contributed by atoms with Crippen LogP contribution in [0.2, 0.25) is 0 Å². The molecule has 2 rings (SSSR count). The standard InChI is InChI=1S/C18H21NO2S/c1-14(22-17-10-8-16(21-2)9-11-17)18(20)19-13-12-15-6-4-3-5-7-15/h3-11,14H,12-13H2,1-2H3,(H,19,20)/t14-/m1/s1. The lowest BCUT2D eigenvalue weighted by Gasteiger charge is -2.12. The van der Waals surface area contributed by atoms with Crippen molar-refractivity contribution in [3.8, 4) is 5.75 Å². The number of carbonyl (C=O) groups is 1. The summed E-state index contributed by atoms with van der Waals surface area (Å²) < 4.78 is 5.13. The molecule has 4 heteroatoms. The van der Waals surface area contributed by atoms with Gasteiger partial charge in [-0.15, -0.1) is 11.8 Å². The van der Waals surface area contributed by atoms with Crippen LogP contribution in [0.5, 0.6) is 5.75 Å². The smallest absolute Gasteiger partial charge is 0.233 e. The van der Waals surface area contributed by atoms with Gasteiger partial charge < -0.3 is 10.1 Å². The van der Waals surface area contributed by atoms with E-state index in [0.717, 1.165) is 17.1 Å². The largest absolute Gasteiger partial charge is 0.497 e. The fourth-order valence-electron chi connectivity index (χ4n) is 2.03. The van der Waals surface area contributed by atoms with Gasteiger partial charge in [-0.25, -0.2) is 0 Å². The van der Waals surface area contributed by atoms with E-state index in [1.165, 1.54) is 5.56 Å². The van der Waals surface area contributed by atoms with Crippen molar-refractivity contribution in [3.05, 3.63) is 60.2 Å². The number of hydrogen-bond donors (Lipinski definition) is 1. The number of carbonyl (C=O) groups excluding carboxylic acids is 1. The molecule has 2 aromatic carbocycles. The lowest BCUT2D eigenvalue weighted by molar-refractivity contribution is -0.120. The summed E-state index contributed by atoms with van der Waals surface area (Å²) in [4.78, 5) is 13.2. The predicted molar refractivity (Wildman–Crippen MR) is 91.5 cm³/mol. The lowest BCUT2D eigenvalue weighted by Crippen LogP contribution is -2.32. The molecule has 0 aliphatic rings. The van der Waals surface area contributed by atoms with Crippen molar-refractivity contribution < 1.29 is 9.53 Å². The Balaban J connectivity index is 1.76. The van der Waals surface area contributed by atoms with Crippen LogP contribution in [0.15, 0.2) is 59.5 Å². The number of ether oxygens (including phenoxy) is 1. The quantitative estimate of drug-likeness (QED) is 0.794. The van der Waals surface area contributed by atoms with E-state index in [1.54, 1.807) is 18.9 Å². The van der Waals surface area contributed by atoms with Crippen molar-refractivity contribution in [2.45, 2.75) is 23.5 Å². The molecule has 0 heterocycles. The van der Waals surface area contributed by atoms with Crippen LogP contribution in [0, 0.1) is 0 Å². The minimum Gasteiger partial charge on any atom is -0.497 e. The van der Waals surface area contributed by atoms with E-state index in [9.17, 15) is 4.79 Å². The summed E-state index contributed by atoms with van der Waals surface area (Å²) in [6, 6.07) is 17.9. The highest BCUT2D eigenvalue weighted by Crippen LogP contribution is 2.25. The molecule has 0 unspecified atom stereocenters. The maximum absolute atomic E-state index is 12.1. The summed E-state index contributed by atoms with van der Waals surface area (Å²) in [5.74, 6) is 0.890. The minimum absolute atomic E-state index is 0.0664. The molecule has 1 amide bonds. The molecule has 0 bridgehead atoms. The normalized spacial score (nSPS) is 11.7. The Morgan fingerprint density at radius 3 is 2.45 bits per heavy atom. The monoisotopic (exact) mass is 315 g/mol. The zero-order valence-corrected chi connectivity index (χ0v) is 13.7. The number of thioether (sulfide) groups is 1. The Labute approximate surface area is 136 Å². The Kier molecular flexibility index (Phi) is 6.34. The molecule has 0 fully saturated rings. The second-order valence-electron chi connectivity index (χ2n) is 4.96. The molecule has 22 heavy (non-hydrogen) atoms. The summed E-state index contributed by atoms with van der Waals surface area (Å²) in [7, 11) is 1.64. The summed E-state index contributed by atoms with van der Waals surface area (Å²) in [6.45, 7) is 2.59. The van der Waals surface area contributed by atoms with Gasteiger partial charge in [-0.05, 0) is 43.2 Å². The third-order valence-electron chi connectivity index (χ3n) is 3.30. The fourth-order valence-corrected chi connectivity index (χ4v) is 2.92. The lowest BCUT2D eigenvalue weighted by atomic mass is 10.1. The van der Waals surface area contributed by atoms with Crippen LogP contribution in [0.1, 0.15) is 12.5 Å². The van der Waals surface area contributed by atoms with Gasteiger partial charge >= 0.3 is 0 Å². The van der Waals surface area contributed by atoms with Crippen molar-refractivity contribution in [2.75, 3.05) is 13.7 Å². The third kappa shape index (κ3) is 5.11. The van der Waals surface area contributed by atoms with Crippen molar-refractivity contribution in [2.24, 2.45) is 0 Å². The zero-order chi connectivity index (χ0) is 15.8. The Bertz CT molecular complexity index is 584. The molecule has 0 saturated carbocycles. The van der Waals surface area contributed by atoms with E-state index in [0.29, 0.717) is 6.54 Å². The molecule has 1 N–H and O–H groups in total. The molecule has 116 valence electrons. The highest BCUT2D eigenvalue weighted by Gasteiger charge is 2.13. The number of amides is 1. The molecule has 0 aliphatic carbocycles. The van der Waals surface area contributed by atoms with Gasteiger partial charge in [-0.1, -0.05) is 30.3 Å². The number of hydrogen-bond acceptors (Lipinski definition) is 3. The number of methoxy groups -OCH3 is 1. The van der Waals surface area contributed by atoms with Crippen LogP contribution in [0.3, 0.4) is 0 Å². The highest BCUT2D eigenvalue weighted by atomic mass is 32.2. The van der Waals surface area contributed by atoms with Crippen LogP contribution >= 0.6 is 11.8 Å². The van der Waals surface area contributed by atoms with Crippen molar-refractivity contribution in [1.82, 2.24) is 5.32 Å². The molecular formula is C18H21NO2S. The van der Waals surface area contributed by atoms with Gasteiger partial charge in [0.15, 0.2) is 0 Å². The summed E-state index contributed by atoms with van der Waals surface area (Å²) in [5.41, 5.74) is 1.23. The Morgan fingerprint density at radius 1 is 1.14 bits per heavy atom. The van der Waals surface area contributed by atoms with Gasteiger partial charge in [0.05, 0.1) is 12.4 Å². The molecule has 3 nitrogen and oxygen atoms in total. The first-order chi connectivity index (χ1) is 10.7. The van der Waals surface area contributed by atoms with Gasteiger partial charge in [0.25, 0.3) is 0 Å². The van der Waals surface area contributed by atoms with Crippen LogP contribution in [0.25, 0.3) is 0 Å². The van der Waals surface area contributed by atoms with Crippen molar-refractivity contribution in [1.29, 1.82) is 0 Å². The van der Waals surface area contributed by atoms with Gasteiger partial charge in [0, 0.05) is 11.4 Å². The van der Waals surface area contributed by atoms with Gasteiger partial charge in [-0.2, -0.15) is 0 Å². The second-order valence-corrected chi connectivity index (χ2v) is 6.38. The molecule has 0 saturated heterocycles. The first kappa shape index (κ1) is 16.4. The van der Waals surface area contributed by atoms with Gasteiger partial charge in [0.1, 0.15) is 5.75 Å². The van der Waals surface area contributed by atoms with E-state index < -0.39 is 0 Å². The Hall–Kier alpha value is -1.94. The SMILES string of the molecule is COc1ccc(S[C@H](C)C(=O)NCCc2ccccc2)cc1. The van der Waals surface area contributed by atoms with E-state index in [-0.39, 0.29) is 11.2 Å². The average molecular weight is 315 g/mol. The van der Waals surface area contributed by atoms with E-state index in [2.05, 4.69) is 17.4 Å². The molecule has 0 spiro atoms. The second kappa shape index (κ2) is 8.49. The predicted octanol–water partition coefficient (Wildman–Crippen LogP) is 3.53. The molecule has 1 atom stereocenters. The number of benzene rings is 2. The number of nitrogens with one attached hydrogen (secondary N) is 1. The first-order valence-electron chi connectivity index (χ1n) is 7.31. The van der Waals surface area contributed by atoms with Gasteiger partial charge in [-0.3, -0.25) is 4.79 Å². The summed E-state index contributed by atoms with van der Waals surface area (Å²) >= 11 is 1.55. The zero-order valence-electron chi connectivity index (χ0n) is 12.9. The highest BCUT2D eigenvalue weighted by molar-refractivity contribution is 8.00. The van der Waals surface area contributed by atoms with E-state index >= 15 is 0 Å². The summed E-state index contributed by atoms with van der Waals surface area (Å²) in [6.07, 6.45) is 0.854. The molecule has 0 radical (unpaired) electrons. The molecule has 2 aromatic rings. The maximum atomic E-state index is 12.1. The van der Waals surface area contributed by atoms with E-state index in [1.807, 2.05) is 49.4 Å². The van der Waals surface area contributed by atoms with Crippen LogP contribution in [-0.4, -0.2) is 24.8 Å². The number of rotatable bonds is 7. The third-order valence-corrected chi connectivity index (χ3v) is 4.41. The average Bonchev–Trinajstić information content (AvgIpc) is 2.56. The van der Waals surface area contributed by atoms with Crippen LogP contribution < -0.4 is 10.1 Å². The van der Waals surface area contributed by atoms with Crippen molar-refractivity contribution >= 4 is 17.7 Å². The minimum atomic E-state index is -0.121. The molecule has 0 aromatic heterocycles. The Morgan fingerprint density at radius 2 is 1.82 bits per heavy atom. The van der Waals surface area contributed by atoms with Gasteiger partial charge in [0.2, 0.25) is 5.91 Å². The first-order valence-corrected chi connectivity index (χ1v) is 8.19. The molecule has 0 aliphatic heterocycles. The van der Waals surface area contributed by atoms with Crippen LogP contribution in [0.4, 0.5) is 0 Å². The molecular weight excluding hydrogens is 294 g/mol.